The number of allylic oxidation sites excluding steroid dienone is 3. The predicted molar refractivity (Wildman–Crippen MR) is 140 cm³/mol. The molecule has 1 aliphatic rings. The van der Waals surface area contributed by atoms with Gasteiger partial charge in [-0.05, 0) is 43.5 Å². The zero-order valence-corrected chi connectivity index (χ0v) is 22.9. The molecule has 0 fully saturated rings. The number of unbranched alkanes of at least 4 members (excludes halogenated alkanes) is 1. The molecule has 200 valence electrons. The molecule has 0 bridgehead atoms. The molecule has 38 heavy (non-hydrogen) atoms. The van der Waals surface area contributed by atoms with Crippen molar-refractivity contribution in [2.45, 2.75) is 46.0 Å². The maximum absolute atomic E-state index is 12.2. The van der Waals surface area contributed by atoms with E-state index < -0.39 is 10.2 Å². The molecule has 0 aromatic heterocycles. The predicted octanol–water partition coefficient (Wildman–Crippen LogP) is 2.38. The molecule has 0 atom stereocenters. The Morgan fingerprint density at radius 3 is 2.21 bits per heavy atom. The average Bonchev–Trinajstić information content (AvgIpc) is 3.08. The fourth-order valence-electron chi connectivity index (χ4n) is 4.74. The number of hydrogen-bond acceptors (Lipinski definition) is 5. The summed E-state index contributed by atoms with van der Waals surface area (Å²) in [6, 6.07) is 22.9. The summed E-state index contributed by atoms with van der Waals surface area (Å²) in [5.41, 5.74) is 4.77. The Balaban J connectivity index is 0.000000732. The molecule has 3 aromatic rings. The lowest BCUT2D eigenvalue weighted by molar-refractivity contribution is -2.00. The van der Waals surface area contributed by atoms with Gasteiger partial charge in [0.15, 0.2) is 5.71 Å². The van der Waals surface area contributed by atoms with E-state index in [1.54, 1.807) is 11.8 Å². The number of fused-ring (bicyclic) bond motifs is 3. The second kappa shape index (κ2) is 12.5. The SMILES string of the molecule is CCCC[N+]1=C(C=CC=CN(C(C)=O)c2ccccc2)C(C)(C)c2ccc3ccccc3c21.[O-][Cl+3]([O-])([O-])[O-]. The maximum atomic E-state index is 12.2. The number of amides is 1. The van der Waals surface area contributed by atoms with Gasteiger partial charge in [0.1, 0.15) is 6.54 Å². The highest BCUT2D eigenvalue weighted by molar-refractivity contribution is 6.07. The van der Waals surface area contributed by atoms with E-state index in [1.165, 1.54) is 27.7 Å². The summed E-state index contributed by atoms with van der Waals surface area (Å²) < 4.78 is 36.5. The third-order valence-corrected chi connectivity index (χ3v) is 6.48. The summed E-state index contributed by atoms with van der Waals surface area (Å²) in [5.74, 6) is -0.0110. The molecule has 0 saturated carbocycles. The third-order valence-electron chi connectivity index (χ3n) is 6.48. The minimum absolute atomic E-state index is 0.0110. The van der Waals surface area contributed by atoms with Crippen LogP contribution in [0.15, 0.2) is 91.2 Å². The summed E-state index contributed by atoms with van der Waals surface area (Å²) in [4.78, 5) is 13.9. The highest BCUT2D eigenvalue weighted by atomic mass is 35.7. The summed E-state index contributed by atoms with van der Waals surface area (Å²) >= 11 is 0. The Labute approximate surface area is 226 Å². The monoisotopic (exact) mass is 536 g/mol. The van der Waals surface area contributed by atoms with Gasteiger partial charge >= 0.3 is 0 Å². The van der Waals surface area contributed by atoms with E-state index in [9.17, 15) is 4.79 Å². The van der Waals surface area contributed by atoms with E-state index >= 15 is 0 Å². The normalized spacial score (nSPS) is 14.6. The summed E-state index contributed by atoms with van der Waals surface area (Å²) in [6.07, 6.45) is 10.4. The Hall–Kier alpha value is -3.33. The maximum Gasteiger partial charge on any atom is 0.227 e. The van der Waals surface area contributed by atoms with Crippen molar-refractivity contribution >= 4 is 33.8 Å². The number of nitrogens with zero attached hydrogens (tertiary/aromatic N) is 2. The van der Waals surface area contributed by atoms with Crippen LogP contribution >= 0.6 is 0 Å². The van der Waals surface area contributed by atoms with Crippen LogP contribution in [0, 0.1) is 10.2 Å². The van der Waals surface area contributed by atoms with Gasteiger partial charge in [-0.3, -0.25) is 9.69 Å². The van der Waals surface area contributed by atoms with Crippen LogP contribution < -0.4 is 23.5 Å². The number of carbonyl (C=O) groups is 1. The van der Waals surface area contributed by atoms with Crippen molar-refractivity contribution in [3.8, 4) is 0 Å². The van der Waals surface area contributed by atoms with E-state index in [0.29, 0.717) is 0 Å². The first-order valence-electron chi connectivity index (χ1n) is 12.4. The van der Waals surface area contributed by atoms with Crippen molar-refractivity contribution < 1.29 is 38.2 Å². The molecule has 3 aromatic carbocycles. The number of carbonyl (C=O) groups excluding carboxylic acids is 1. The van der Waals surface area contributed by atoms with Crippen LogP contribution in [0.3, 0.4) is 0 Å². The Morgan fingerprint density at radius 1 is 0.947 bits per heavy atom. The lowest BCUT2D eigenvalue weighted by Crippen LogP contribution is -2.68. The highest BCUT2D eigenvalue weighted by Crippen LogP contribution is 2.44. The molecule has 0 radical (unpaired) electrons. The van der Waals surface area contributed by atoms with Crippen LogP contribution in [0.25, 0.3) is 10.8 Å². The van der Waals surface area contributed by atoms with Gasteiger partial charge in [0.2, 0.25) is 11.6 Å². The minimum Gasteiger partial charge on any atom is -0.288 e. The second-order valence-corrected chi connectivity index (χ2v) is 10.3. The largest absolute Gasteiger partial charge is 0.288 e. The number of benzene rings is 3. The summed E-state index contributed by atoms with van der Waals surface area (Å²) in [6.45, 7) is 9.44. The molecule has 0 spiro atoms. The number of hydrogen-bond donors (Lipinski definition) is 0. The fourth-order valence-corrected chi connectivity index (χ4v) is 4.74. The highest BCUT2D eigenvalue weighted by Gasteiger charge is 2.44. The standard InChI is InChI=1S/C30H33N2O.ClHO4/c1-5-6-21-32-28(18-12-13-22-31(23(2)33)25-15-8-7-9-16-25)30(3,4)27-20-19-24-14-10-11-17-26(24)29(27)32;2-1(3,4)5/h7-20,22H,5-6,21H2,1-4H3;(H,2,3,4,5)/q+1;/p-1. The minimum atomic E-state index is -4.94. The van der Waals surface area contributed by atoms with Crippen molar-refractivity contribution in [3.63, 3.8) is 0 Å². The molecule has 1 heterocycles. The number of rotatable bonds is 7. The van der Waals surface area contributed by atoms with Crippen molar-refractivity contribution in [3.05, 3.63) is 96.7 Å². The topological polar surface area (TPSA) is 116 Å². The van der Waals surface area contributed by atoms with Crippen LogP contribution in [0.4, 0.5) is 11.4 Å². The fraction of sp³-hybridized carbons (Fsp3) is 0.267. The van der Waals surface area contributed by atoms with Crippen molar-refractivity contribution in [1.82, 2.24) is 0 Å². The molecule has 0 unspecified atom stereocenters. The van der Waals surface area contributed by atoms with Gasteiger partial charge in [-0.25, -0.2) is 18.6 Å². The van der Waals surface area contributed by atoms with Crippen LogP contribution in [-0.2, 0) is 10.2 Å². The lowest BCUT2D eigenvalue weighted by atomic mass is 9.80. The van der Waals surface area contributed by atoms with Gasteiger partial charge in [0, 0.05) is 36.9 Å². The molecular weight excluding hydrogens is 504 g/mol. The van der Waals surface area contributed by atoms with E-state index in [4.69, 9.17) is 18.6 Å². The summed E-state index contributed by atoms with van der Waals surface area (Å²) in [7, 11) is -4.94. The Kier molecular flexibility index (Phi) is 9.60. The molecule has 1 amide bonds. The van der Waals surface area contributed by atoms with Crippen molar-refractivity contribution in [2.75, 3.05) is 11.4 Å². The van der Waals surface area contributed by atoms with E-state index in [0.717, 1.165) is 25.1 Å². The van der Waals surface area contributed by atoms with E-state index in [2.05, 4.69) is 73.9 Å². The molecule has 7 nitrogen and oxygen atoms in total. The first kappa shape index (κ1) is 29.2. The molecular formula is C30H33ClN2O5. The molecule has 8 heteroatoms. The van der Waals surface area contributed by atoms with Gasteiger partial charge in [-0.1, -0.05) is 68.0 Å². The number of halogens is 1. The van der Waals surface area contributed by atoms with Crippen LogP contribution in [0.1, 0.15) is 46.1 Å². The zero-order chi connectivity index (χ0) is 27.9. The third kappa shape index (κ3) is 7.16. The van der Waals surface area contributed by atoms with Gasteiger partial charge in [-0.2, -0.15) is 4.58 Å². The first-order valence-corrected chi connectivity index (χ1v) is 13.7. The van der Waals surface area contributed by atoms with Gasteiger partial charge in [-0.15, -0.1) is 10.2 Å². The smallest absolute Gasteiger partial charge is 0.227 e. The van der Waals surface area contributed by atoms with Crippen LogP contribution in [0.2, 0.25) is 0 Å². The van der Waals surface area contributed by atoms with E-state index in [-0.39, 0.29) is 11.3 Å². The van der Waals surface area contributed by atoms with Gasteiger partial charge in [0.25, 0.3) is 0 Å². The van der Waals surface area contributed by atoms with E-state index in [1.807, 2.05) is 42.6 Å². The molecule has 1 aliphatic heterocycles. The second-order valence-electron chi connectivity index (χ2n) is 9.50. The van der Waals surface area contributed by atoms with Crippen molar-refractivity contribution in [1.29, 1.82) is 0 Å². The quantitative estimate of drug-likeness (QED) is 0.339. The van der Waals surface area contributed by atoms with Crippen LogP contribution in [0.5, 0.6) is 0 Å². The van der Waals surface area contributed by atoms with Gasteiger partial charge < -0.3 is 0 Å². The van der Waals surface area contributed by atoms with Crippen LogP contribution in [-0.4, -0.2) is 22.7 Å². The van der Waals surface area contributed by atoms with Crippen molar-refractivity contribution in [2.24, 2.45) is 0 Å². The Bertz CT molecular complexity index is 1350. The molecule has 0 N–H and O–H groups in total. The molecule has 0 aliphatic carbocycles. The molecule has 0 saturated heterocycles. The van der Waals surface area contributed by atoms with Gasteiger partial charge in [0.05, 0.1) is 10.8 Å². The lowest BCUT2D eigenvalue weighted by Gasteiger charge is -2.17. The number of para-hydroxylation sites is 1. The first-order chi connectivity index (χ1) is 17.9. The summed E-state index contributed by atoms with van der Waals surface area (Å²) in [5, 5.41) is 2.59. The number of anilines is 1. The zero-order valence-electron chi connectivity index (χ0n) is 22.1. The Morgan fingerprint density at radius 2 is 1.58 bits per heavy atom. The average molecular weight is 537 g/mol. The molecule has 4 rings (SSSR count).